The van der Waals surface area contributed by atoms with Crippen molar-refractivity contribution in [3.8, 4) is 5.75 Å². The monoisotopic (exact) mass is 290 g/mol. The summed E-state index contributed by atoms with van der Waals surface area (Å²) in [6, 6.07) is 2.02. The van der Waals surface area contributed by atoms with E-state index in [9.17, 15) is 10.2 Å². The Morgan fingerprint density at radius 1 is 1.24 bits per heavy atom. The predicted octanol–water partition coefficient (Wildman–Crippen LogP) is 3.67. The molecule has 3 nitrogen and oxygen atoms in total. The summed E-state index contributed by atoms with van der Waals surface area (Å²) in [5.41, 5.74) is 5.38. The number of aliphatic hydroxyl groups is 2. The molecule has 1 aromatic rings. The molecule has 0 heterocycles. The number of methoxy groups -OCH3 is 1. The molecule has 0 unspecified atom stereocenters. The number of benzene rings is 1. The third kappa shape index (κ3) is 4.45. The lowest BCUT2D eigenvalue weighted by atomic mass is 9.96. The summed E-state index contributed by atoms with van der Waals surface area (Å²) in [5.74, 6) is -0.848. The van der Waals surface area contributed by atoms with Crippen molar-refractivity contribution in [1.29, 1.82) is 0 Å². The van der Waals surface area contributed by atoms with Crippen LogP contribution in [0.5, 0.6) is 5.75 Å². The molecule has 21 heavy (non-hydrogen) atoms. The molecule has 0 amide bonds. The van der Waals surface area contributed by atoms with Crippen LogP contribution in [0.25, 0.3) is 6.08 Å². The molecule has 2 N–H and O–H groups in total. The molecule has 0 spiro atoms. The van der Waals surface area contributed by atoms with E-state index in [2.05, 4.69) is 6.92 Å². The Hall–Kier alpha value is -1.58. The van der Waals surface area contributed by atoms with Crippen molar-refractivity contribution >= 4 is 6.08 Å². The third-order valence-corrected chi connectivity index (χ3v) is 3.82. The van der Waals surface area contributed by atoms with Gasteiger partial charge in [0, 0.05) is 6.42 Å². The minimum absolute atomic E-state index is 0.262. The molecule has 116 valence electrons. The lowest BCUT2D eigenvalue weighted by Crippen LogP contribution is -2.23. The van der Waals surface area contributed by atoms with Crippen LogP contribution < -0.4 is 4.74 Å². The van der Waals surface area contributed by atoms with E-state index in [1.54, 1.807) is 14.0 Å². The average Bonchev–Trinajstić information content (AvgIpc) is 2.42. The van der Waals surface area contributed by atoms with Gasteiger partial charge in [0.2, 0.25) is 0 Å². The van der Waals surface area contributed by atoms with Crippen molar-refractivity contribution in [2.45, 2.75) is 46.8 Å². The molecule has 0 saturated heterocycles. The molecule has 0 aromatic heterocycles. The maximum Gasteiger partial charge on any atom is 0.182 e. The zero-order chi connectivity index (χ0) is 16.2. The van der Waals surface area contributed by atoms with Crippen molar-refractivity contribution in [3.63, 3.8) is 0 Å². The maximum atomic E-state index is 9.64. The highest BCUT2D eigenvalue weighted by Gasteiger charge is 2.15. The molecule has 0 fully saturated rings. The van der Waals surface area contributed by atoms with E-state index < -0.39 is 5.79 Å². The highest BCUT2D eigenvalue weighted by molar-refractivity contribution is 5.64. The van der Waals surface area contributed by atoms with Gasteiger partial charge in [0.05, 0.1) is 7.11 Å². The van der Waals surface area contributed by atoms with Gasteiger partial charge in [-0.15, -0.1) is 0 Å². The van der Waals surface area contributed by atoms with Gasteiger partial charge in [-0.2, -0.15) is 0 Å². The fourth-order valence-electron chi connectivity index (χ4n) is 2.26. The first kappa shape index (κ1) is 17.5. The minimum atomic E-state index is -1.74. The van der Waals surface area contributed by atoms with Crippen molar-refractivity contribution in [2.24, 2.45) is 0 Å². The lowest BCUT2D eigenvalue weighted by molar-refractivity contribution is -0.119. The molecular weight excluding hydrogens is 264 g/mol. The summed E-state index contributed by atoms with van der Waals surface area (Å²) in [6.45, 7) is 9.74. The fraction of sp³-hybridized carbons (Fsp3) is 0.444. The van der Waals surface area contributed by atoms with Crippen molar-refractivity contribution in [2.75, 3.05) is 7.11 Å². The van der Waals surface area contributed by atoms with Crippen LogP contribution in [0.1, 0.15) is 42.5 Å². The Morgan fingerprint density at radius 2 is 1.86 bits per heavy atom. The second-order valence-electron chi connectivity index (χ2n) is 5.51. The van der Waals surface area contributed by atoms with Gasteiger partial charge in [0.25, 0.3) is 0 Å². The first-order chi connectivity index (χ1) is 9.71. The smallest absolute Gasteiger partial charge is 0.182 e. The number of rotatable bonds is 5. The first-order valence-corrected chi connectivity index (χ1v) is 7.19. The quantitative estimate of drug-likeness (QED) is 0.642. The Labute approximate surface area is 127 Å². The standard InChI is InChI=1S/C18H26O3/c1-7-18(19,20)11-12(2)8-9-16-13(3)10-17(21-6)15(5)14(16)4/h8-11,19-20H,7H2,1-6H3/b9-8+,12-11+. The van der Waals surface area contributed by atoms with Crippen molar-refractivity contribution < 1.29 is 14.9 Å². The Morgan fingerprint density at radius 3 is 2.38 bits per heavy atom. The summed E-state index contributed by atoms with van der Waals surface area (Å²) in [5, 5.41) is 19.3. The predicted molar refractivity (Wildman–Crippen MR) is 87.5 cm³/mol. The van der Waals surface area contributed by atoms with Crippen LogP contribution in [0.3, 0.4) is 0 Å². The van der Waals surface area contributed by atoms with Crippen LogP contribution in [0.2, 0.25) is 0 Å². The normalized spacial score (nSPS) is 13.0. The summed E-state index contributed by atoms with van der Waals surface area (Å²) in [6.07, 6.45) is 5.63. The molecule has 0 bridgehead atoms. The Bertz CT molecular complexity index is 566. The number of ether oxygens (including phenoxy) is 1. The van der Waals surface area contributed by atoms with E-state index >= 15 is 0 Å². The van der Waals surface area contributed by atoms with Gasteiger partial charge in [0.1, 0.15) is 5.75 Å². The number of allylic oxidation sites excluding steroid dienone is 2. The van der Waals surface area contributed by atoms with Crippen LogP contribution >= 0.6 is 0 Å². The molecule has 0 atom stereocenters. The highest BCUT2D eigenvalue weighted by atomic mass is 16.5. The van der Waals surface area contributed by atoms with Gasteiger partial charge in [-0.1, -0.05) is 19.1 Å². The first-order valence-electron chi connectivity index (χ1n) is 7.19. The minimum Gasteiger partial charge on any atom is -0.496 e. The second-order valence-corrected chi connectivity index (χ2v) is 5.51. The fourth-order valence-corrected chi connectivity index (χ4v) is 2.26. The van der Waals surface area contributed by atoms with E-state index in [0.717, 1.165) is 28.0 Å². The highest BCUT2D eigenvalue weighted by Crippen LogP contribution is 2.28. The topological polar surface area (TPSA) is 49.7 Å². The molecule has 0 radical (unpaired) electrons. The van der Waals surface area contributed by atoms with Gasteiger partial charge < -0.3 is 14.9 Å². The molecule has 3 heteroatoms. The molecular formula is C18H26O3. The summed E-state index contributed by atoms with van der Waals surface area (Å²) in [7, 11) is 1.68. The number of hydrogen-bond donors (Lipinski definition) is 2. The summed E-state index contributed by atoms with van der Waals surface area (Å²) in [4.78, 5) is 0. The van der Waals surface area contributed by atoms with E-state index in [1.807, 2.05) is 39.0 Å². The van der Waals surface area contributed by atoms with Gasteiger partial charge >= 0.3 is 0 Å². The zero-order valence-electron chi connectivity index (χ0n) is 13.8. The van der Waals surface area contributed by atoms with Crippen LogP contribution in [0.4, 0.5) is 0 Å². The van der Waals surface area contributed by atoms with Crippen LogP contribution in [-0.2, 0) is 0 Å². The third-order valence-electron chi connectivity index (χ3n) is 3.82. The largest absolute Gasteiger partial charge is 0.496 e. The molecule has 0 aliphatic rings. The zero-order valence-corrected chi connectivity index (χ0v) is 13.8. The van der Waals surface area contributed by atoms with Crippen LogP contribution in [-0.4, -0.2) is 23.1 Å². The molecule has 0 aliphatic heterocycles. The molecule has 0 saturated carbocycles. The Balaban J connectivity index is 3.15. The number of hydrogen-bond acceptors (Lipinski definition) is 3. The van der Waals surface area contributed by atoms with Crippen LogP contribution in [0.15, 0.2) is 23.8 Å². The van der Waals surface area contributed by atoms with Crippen molar-refractivity contribution in [1.82, 2.24) is 0 Å². The van der Waals surface area contributed by atoms with Gasteiger partial charge in [-0.25, -0.2) is 0 Å². The average molecular weight is 290 g/mol. The molecule has 0 aliphatic carbocycles. The van der Waals surface area contributed by atoms with E-state index in [1.165, 1.54) is 11.6 Å². The van der Waals surface area contributed by atoms with E-state index in [4.69, 9.17) is 4.74 Å². The van der Waals surface area contributed by atoms with E-state index in [0.29, 0.717) is 0 Å². The van der Waals surface area contributed by atoms with Gasteiger partial charge in [-0.05, 0) is 67.7 Å². The van der Waals surface area contributed by atoms with Crippen LogP contribution in [0, 0.1) is 20.8 Å². The van der Waals surface area contributed by atoms with E-state index in [-0.39, 0.29) is 6.42 Å². The number of aryl methyl sites for hydroxylation is 1. The summed E-state index contributed by atoms with van der Waals surface area (Å²) >= 11 is 0. The molecule has 1 rings (SSSR count). The maximum absolute atomic E-state index is 9.64. The van der Waals surface area contributed by atoms with Gasteiger partial charge in [-0.3, -0.25) is 0 Å². The van der Waals surface area contributed by atoms with Crippen molar-refractivity contribution in [3.05, 3.63) is 46.0 Å². The second kappa shape index (κ2) is 6.92. The lowest BCUT2D eigenvalue weighted by Gasteiger charge is -2.15. The summed E-state index contributed by atoms with van der Waals surface area (Å²) < 4.78 is 5.37. The Kier molecular flexibility index (Phi) is 5.76. The molecule has 1 aromatic carbocycles. The SMILES string of the molecule is CCC(O)(O)/C=C(C)/C=C/c1c(C)cc(OC)c(C)c1C. The van der Waals surface area contributed by atoms with Gasteiger partial charge in [0.15, 0.2) is 5.79 Å².